The zero-order chi connectivity index (χ0) is 11.8. The Hall–Kier alpha value is -0.620. The molecule has 86 valence electrons. The molecule has 0 radical (unpaired) electrons. The van der Waals surface area contributed by atoms with Gasteiger partial charge in [-0.3, -0.25) is 0 Å². The molecule has 0 spiro atoms. The van der Waals surface area contributed by atoms with Gasteiger partial charge in [-0.1, -0.05) is 12.1 Å². The normalized spacial score (nSPS) is 27.6. The van der Waals surface area contributed by atoms with E-state index in [0.29, 0.717) is 6.61 Å². The summed E-state index contributed by atoms with van der Waals surface area (Å²) in [6.45, 7) is 4.10. The fourth-order valence-electron chi connectivity index (χ4n) is 1.70. The van der Waals surface area contributed by atoms with Crippen molar-refractivity contribution in [1.82, 2.24) is 0 Å². The second-order valence-corrected chi connectivity index (χ2v) is 5.11. The van der Waals surface area contributed by atoms with E-state index < -0.39 is 11.7 Å². The van der Waals surface area contributed by atoms with Crippen molar-refractivity contribution in [3.05, 3.63) is 33.4 Å². The lowest BCUT2D eigenvalue weighted by Gasteiger charge is -2.06. The van der Waals surface area contributed by atoms with Gasteiger partial charge in [0.1, 0.15) is 5.60 Å². The molecule has 1 aliphatic rings. The number of epoxide rings is 1. The van der Waals surface area contributed by atoms with E-state index in [1.54, 1.807) is 6.92 Å². The van der Waals surface area contributed by atoms with Gasteiger partial charge < -0.3 is 9.47 Å². The van der Waals surface area contributed by atoms with E-state index in [1.165, 1.54) is 3.57 Å². The summed E-state index contributed by atoms with van der Waals surface area (Å²) in [5.41, 5.74) is 0.516. The Kier molecular flexibility index (Phi) is 3.21. The molecule has 16 heavy (non-hydrogen) atoms. The Morgan fingerprint density at radius 1 is 1.50 bits per heavy atom. The quantitative estimate of drug-likeness (QED) is 0.485. The van der Waals surface area contributed by atoms with Crippen LogP contribution in [0.5, 0.6) is 0 Å². The van der Waals surface area contributed by atoms with Crippen molar-refractivity contribution in [2.24, 2.45) is 0 Å². The van der Waals surface area contributed by atoms with Crippen molar-refractivity contribution >= 4 is 28.6 Å². The van der Waals surface area contributed by atoms with Crippen LogP contribution in [0.1, 0.15) is 19.4 Å². The summed E-state index contributed by atoms with van der Waals surface area (Å²) in [4.78, 5) is 11.5. The van der Waals surface area contributed by atoms with Crippen LogP contribution in [-0.2, 0) is 19.9 Å². The number of ether oxygens (including phenoxy) is 2. The molecule has 0 aliphatic carbocycles. The molecule has 1 saturated heterocycles. The lowest BCUT2D eigenvalue weighted by molar-refractivity contribution is -0.144. The van der Waals surface area contributed by atoms with Crippen molar-refractivity contribution in [1.29, 1.82) is 0 Å². The van der Waals surface area contributed by atoms with Crippen molar-refractivity contribution < 1.29 is 14.3 Å². The van der Waals surface area contributed by atoms with Gasteiger partial charge in [0, 0.05) is 3.57 Å². The van der Waals surface area contributed by atoms with Gasteiger partial charge in [-0.05, 0) is 54.1 Å². The van der Waals surface area contributed by atoms with Crippen LogP contribution in [0.25, 0.3) is 0 Å². The van der Waals surface area contributed by atoms with E-state index in [0.717, 1.165) is 5.56 Å². The van der Waals surface area contributed by atoms with E-state index in [4.69, 9.17) is 9.47 Å². The van der Waals surface area contributed by atoms with E-state index in [9.17, 15) is 4.79 Å². The lowest BCUT2D eigenvalue weighted by atomic mass is 9.97. The van der Waals surface area contributed by atoms with Crippen LogP contribution in [0, 0.1) is 3.57 Å². The number of halogens is 1. The predicted molar refractivity (Wildman–Crippen MR) is 68.0 cm³/mol. The van der Waals surface area contributed by atoms with E-state index >= 15 is 0 Å². The van der Waals surface area contributed by atoms with E-state index in [1.807, 2.05) is 31.2 Å². The summed E-state index contributed by atoms with van der Waals surface area (Å²) >= 11 is 2.24. The predicted octanol–water partition coefficient (Wildman–Crippen LogP) is 2.47. The minimum Gasteiger partial charge on any atom is -0.464 e. The molecule has 2 unspecified atom stereocenters. The molecule has 1 aliphatic heterocycles. The van der Waals surface area contributed by atoms with Gasteiger partial charge in [0.2, 0.25) is 0 Å². The van der Waals surface area contributed by atoms with Gasteiger partial charge in [0.05, 0.1) is 6.61 Å². The zero-order valence-electron chi connectivity index (χ0n) is 9.20. The fourth-order valence-corrected chi connectivity index (χ4v) is 2.06. The fraction of sp³-hybridized carbons (Fsp3) is 0.417. The molecule has 2 atom stereocenters. The van der Waals surface area contributed by atoms with Gasteiger partial charge >= 0.3 is 5.97 Å². The highest BCUT2D eigenvalue weighted by Gasteiger charge is 2.59. The van der Waals surface area contributed by atoms with Crippen molar-refractivity contribution in [3.8, 4) is 0 Å². The summed E-state index contributed by atoms with van der Waals surface area (Å²) in [7, 11) is 0. The Morgan fingerprint density at radius 3 is 2.69 bits per heavy atom. The second kappa shape index (κ2) is 4.33. The average molecular weight is 332 g/mol. The van der Waals surface area contributed by atoms with Crippen LogP contribution in [-0.4, -0.2) is 18.7 Å². The van der Waals surface area contributed by atoms with Crippen LogP contribution < -0.4 is 0 Å². The molecule has 4 heteroatoms. The monoisotopic (exact) mass is 332 g/mol. The maximum Gasteiger partial charge on any atom is 0.338 e. The highest BCUT2D eigenvalue weighted by atomic mass is 127. The third-order valence-corrected chi connectivity index (χ3v) is 3.44. The molecule has 0 amide bonds. The molecule has 1 aromatic rings. The van der Waals surface area contributed by atoms with Crippen LogP contribution in [0.3, 0.4) is 0 Å². The van der Waals surface area contributed by atoms with E-state index in [-0.39, 0.29) is 5.97 Å². The van der Waals surface area contributed by atoms with E-state index in [2.05, 4.69) is 22.6 Å². The molecule has 1 fully saturated rings. The van der Waals surface area contributed by atoms with Crippen LogP contribution >= 0.6 is 22.6 Å². The molecular formula is C12H13IO3. The SMILES string of the molecule is CCOC(=O)C1OC1(C)c1ccc(I)cc1. The summed E-state index contributed by atoms with van der Waals surface area (Å²) in [6, 6.07) is 7.98. The molecule has 0 aromatic heterocycles. The largest absolute Gasteiger partial charge is 0.464 e. The summed E-state index contributed by atoms with van der Waals surface area (Å²) in [5, 5.41) is 0. The van der Waals surface area contributed by atoms with Crippen molar-refractivity contribution in [2.45, 2.75) is 25.6 Å². The lowest BCUT2D eigenvalue weighted by Crippen LogP contribution is -2.18. The van der Waals surface area contributed by atoms with Gasteiger partial charge in [0.25, 0.3) is 0 Å². The number of hydrogen-bond acceptors (Lipinski definition) is 3. The standard InChI is InChI=1S/C12H13IO3/c1-3-15-11(14)10-12(2,16-10)8-4-6-9(13)7-5-8/h4-7,10H,3H2,1-2H3. The first kappa shape index (κ1) is 11.9. The molecule has 2 rings (SSSR count). The summed E-state index contributed by atoms with van der Waals surface area (Å²) < 4.78 is 11.6. The van der Waals surface area contributed by atoms with Gasteiger partial charge in [-0.25, -0.2) is 4.79 Å². The first-order chi connectivity index (χ1) is 7.58. The highest BCUT2D eigenvalue weighted by molar-refractivity contribution is 14.1. The van der Waals surface area contributed by atoms with Crippen LogP contribution in [0.4, 0.5) is 0 Å². The number of rotatable bonds is 3. The third-order valence-electron chi connectivity index (χ3n) is 2.72. The molecule has 0 bridgehead atoms. The topological polar surface area (TPSA) is 38.8 Å². The van der Waals surface area contributed by atoms with Gasteiger partial charge in [0.15, 0.2) is 6.10 Å². The third kappa shape index (κ3) is 2.08. The van der Waals surface area contributed by atoms with Gasteiger partial charge in [-0.2, -0.15) is 0 Å². The first-order valence-corrected chi connectivity index (χ1v) is 6.26. The Labute approximate surface area is 108 Å². The Balaban J connectivity index is 2.12. The average Bonchev–Trinajstić information content (AvgIpc) is 2.93. The van der Waals surface area contributed by atoms with Crippen LogP contribution in [0.15, 0.2) is 24.3 Å². The molecule has 1 aromatic carbocycles. The number of carbonyl (C=O) groups is 1. The number of esters is 1. The minimum atomic E-state index is -0.503. The van der Waals surface area contributed by atoms with Crippen molar-refractivity contribution in [2.75, 3.05) is 6.61 Å². The maximum atomic E-state index is 11.5. The second-order valence-electron chi connectivity index (χ2n) is 3.86. The van der Waals surface area contributed by atoms with Crippen molar-refractivity contribution in [3.63, 3.8) is 0 Å². The summed E-state index contributed by atoms with van der Waals surface area (Å²) in [5.74, 6) is -0.274. The van der Waals surface area contributed by atoms with Gasteiger partial charge in [-0.15, -0.1) is 0 Å². The number of carbonyl (C=O) groups excluding carboxylic acids is 1. The number of hydrogen-bond donors (Lipinski definition) is 0. The maximum absolute atomic E-state index is 11.5. The first-order valence-electron chi connectivity index (χ1n) is 5.18. The molecule has 0 saturated carbocycles. The Morgan fingerprint density at radius 2 is 2.12 bits per heavy atom. The molecule has 3 nitrogen and oxygen atoms in total. The van der Waals surface area contributed by atoms with Crippen LogP contribution in [0.2, 0.25) is 0 Å². The smallest absolute Gasteiger partial charge is 0.338 e. The molecular weight excluding hydrogens is 319 g/mol. The number of benzene rings is 1. The minimum absolute atomic E-state index is 0.274. The zero-order valence-corrected chi connectivity index (χ0v) is 11.4. The molecule has 0 N–H and O–H groups in total. The highest BCUT2D eigenvalue weighted by Crippen LogP contribution is 2.46. The molecule has 1 heterocycles. The Bertz CT molecular complexity index is 401. The summed E-state index contributed by atoms with van der Waals surface area (Å²) in [6.07, 6.45) is -0.451.